The van der Waals surface area contributed by atoms with E-state index in [9.17, 15) is 0 Å². The van der Waals surface area contributed by atoms with Crippen molar-refractivity contribution >= 4 is 52.1 Å². The molecule has 2 aliphatic carbocycles. The molecule has 1 aliphatic heterocycles. The summed E-state index contributed by atoms with van der Waals surface area (Å²) in [7, 11) is 3.43. The maximum Gasteiger partial charge on any atom is 0.178 e. The second-order valence-electron chi connectivity index (χ2n) is 16.7. The van der Waals surface area contributed by atoms with Crippen molar-refractivity contribution in [3.63, 3.8) is 0 Å². The second-order valence-corrected chi connectivity index (χ2v) is 20.2. The van der Waals surface area contributed by atoms with Crippen molar-refractivity contribution in [3.05, 3.63) is 113 Å². The van der Waals surface area contributed by atoms with Gasteiger partial charge in [-0.05, 0) is 130 Å². The zero-order valence-electron chi connectivity index (χ0n) is 33.1. The van der Waals surface area contributed by atoms with Crippen LogP contribution in [-0.2, 0) is 11.0 Å². The maximum atomic E-state index is 7.80. The Morgan fingerprint density at radius 2 is 1.24 bits per heavy atom. The predicted molar refractivity (Wildman–Crippen MR) is 233 cm³/mol. The normalized spacial score (nSPS) is 18.2. The summed E-state index contributed by atoms with van der Waals surface area (Å²) in [5.74, 6) is 4.64. The third kappa shape index (κ3) is 6.06. The molecule has 0 amide bonds. The van der Waals surface area contributed by atoms with Crippen LogP contribution in [0.3, 0.4) is 0 Å². The van der Waals surface area contributed by atoms with Gasteiger partial charge in [0.05, 0.1) is 14.2 Å². The molecule has 1 heterocycles. The summed E-state index contributed by atoms with van der Waals surface area (Å²) in [5.41, 5.74) is 8.33. The van der Waals surface area contributed by atoms with E-state index >= 15 is 0 Å². The van der Waals surface area contributed by atoms with E-state index in [1.54, 1.807) is 14.2 Å². The minimum absolute atomic E-state index is 0.151. The molecule has 0 radical (unpaired) electrons. The van der Waals surface area contributed by atoms with Crippen molar-refractivity contribution in [2.24, 2.45) is 10.8 Å². The van der Waals surface area contributed by atoms with Gasteiger partial charge in [-0.3, -0.25) is 0 Å². The first-order valence-electron chi connectivity index (χ1n) is 19.2. The Morgan fingerprint density at radius 3 is 1.76 bits per heavy atom. The van der Waals surface area contributed by atoms with Gasteiger partial charge in [0.15, 0.2) is 5.60 Å². The lowest BCUT2D eigenvalue weighted by Crippen LogP contribution is -2.44. The second kappa shape index (κ2) is 13.9. The van der Waals surface area contributed by atoms with E-state index in [-0.39, 0.29) is 16.2 Å². The average molecular weight is 773 g/mol. The molecular formula is C48H52O3S3. The van der Waals surface area contributed by atoms with E-state index in [0.717, 1.165) is 52.7 Å². The summed E-state index contributed by atoms with van der Waals surface area (Å²) in [6.07, 6.45) is 10.3. The third-order valence-electron chi connectivity index (χ3n) is 11.8. The van der Waals surface area contributed by atoms with Crippen LogP contribution >= 0.6 is 35.3 Å². The van der Waals surface area contributed by atoms with Crippen molar-refractivity contribution in [1.82, 2.24) is 0 Å². The van der Waals surface area contributed by atoms with Crippen LogP contribution in [0.15, 0.2) is 99.6 Å². The fourth-order valence-corrected chi connectivity index (χ4v) is 12.7. The van der Waals surface area contributed by atoms with Crippen molar-refractivity contribution in [1.29, 1.82) is 0 Å². The molecule has 0 N–H and O–H groups in total. The number of methoxy groups -OCH3 is 2. The molecule has 3 aliphatic rings. The molecule has 5 aromatic carbocycles. The van der Waals surface area contributed by atoms with E-state index in [2.05, 4.69) is 115 Å². The highest BCUT2D eigenvalue weighted by Crippen LogP contribution is 2.67. The van der Waals surface area contributed by atoms with Gasteiger partial charge in [0.2, 0.25) is 0 Å². The van der Waals surface area contributed by atoms with Crippen molar-refractivity contribution in [2.75, 3.05) is 32.0 Å². The Kier molecular flexibility index (Phi) is 9.67. The van der Waals surface area contributed by atoms with Crippen molar-refractivity contribution in [2.45, 2.75) is 86.5 Å². The molecule has 1 spiro atoms. The molecule has 8 rings (SSSR count). The fraction of sp³-hybridized carbons (Fsp3) is 0.375. The smallest absolute Gasteiger partial charge is 0.178 e. The highest BCUT2D eigenvalue weighted by molar-refractivity contribution is 8.02. The molecule has 0 bridgehead atoms. The molecule has 1 fully saturated rings. The summed E-state index contributed by atoms with van der Waals surface area (Å²) in [6.45, 7) is 14.5. The molecule has 280 valence electrons. The summed E-state index contributed by atoms with van der Waals surface area (Å²) in [4.78, 5) is 4.01. The molecule has 0 aromatic heterocycles. The van der Waals surface area contributed by atoms with Gasteiger partial charge in [0.25, 0.3) is 0 Å². The highest BCUT2D eigenvalue weighted by atomic mass is 32.2. The van der Waals surface area contributed by atoms with Crippen LogP contribution in [0.1, 0.15) is 88.6 Å². The zero-order valence-corrected chi connectivity index (χ0v) is 35.6. The lowest BCUT2D eigenvalue weighted by molar-refractivity contribution is 0.0641. The fourth-order valence-electron chi connectivity index (χ4n) is 10.5. The maximum absolute atomic E-state index is 7.80. The number of hydrogen-bond donors (Lipinski definition) is 0. The SMILES string of the molecule is CCSc1cc2c3c(c4c(c2cc1SCC)-c1ccc(SC)cc1C41CC(C)(C)CC(C)(C)C1)C=CC(c1ccc(OC)cc1)(c1ccc(OC)cc1)O3. The topological polar surface area (TPSA) is 27.7 Å². The molecular weight excluding hydrogens is 721 g/mol. The number of thioether (sulfide) groups is 3. The summed E-state index contributed by atoms with van der Waals surface area (Å²) < 4.78 is 19.0. The molecule has 0 saturated heterocycles. The summed E-state index contributed by atoms with van der Waals surface area (Å²) in [6, 6.07) is 29.0. The largest absolute Gasteiger partial charge is 0.497 e. The van der Waals surface area contributed by atoms with Gasteiger partial charge in [-0.2, -0.15) is 0 Å². The van der Waals surface area contributed by atoms with Gasteiger partial charge in [0.1, 0.15) is 17.2 Å². The van der Waals surface area contributed by atoms with Crippen LogP contribution in [0.2, 0.25) is 0 Å². The quantitative estimate of drug-likeness (QED) is 0.139. The first kappa shape index (κ1) is 37.5. The highest BCUT2D eigenvalue weighted by Gasteiger charge is 2.55. The standard InChI is InChI=1S/C48H52O3S3/c1-10-53-40-25-37-38(26-41(40)54-11-2)44-36(22-23-48(51-44,30-12-16-32(49-7)17-13-30)31-14-18-33(50-8)19-15-31)43-42(37)35-21-20-34(52-9)24-39(35)47(43)28-45(3,4)27-46(5,6)29-47/h12-26H,10-11,27-29H2,1-9H3. The van der Waals surface area contributed by atoms with Crippen LogP contribution in [0, 0.1) is 10.8 Å². The lowest BCUT2D eigenvalue weighted by Gasteiger charge is -2.52. The van der Waals surface area contributed by atoms with Crippen LogP contribution in [0.5, 0.6) is 17.2 Å². The molecule has 54 heavy (non-hydrogen) atoms. The van der Waals surface area contributed by atoms with Gasteiger partial charge < -0.3 is 14.2 Å². The first-order valence-corrected chi connectivity index (χ1v) is 22.4. The monoisotopic (exact) mass is 772 g/mol. The Balaban J connectivity index is 1.50. The van der Waals surface area contributed by atoms with Crippen LogP contribution in [0.25, 0.3) is 28.0 Å². The van der Waals surface area contributed by atoms with Gasteiger partial charge in [0, 0.05) is 42.2 Å². The first-order chi connectivity index (χ1) is 25.9. The van der Waals surface area contributed by atoms with Gasteiger partial charge in [-0.25, -0.2) is 0 Å². The molecule has 6 heteroatoms. The van der Waals surface area contributed by atoms with Gasteiger partial charge in [-0.15, -0.1) is 35.3 Å². The van der Waals surface area contributed by atoms with Crippen molar-refractivity contribution in [3.8, 4) is 28.4 Å². The van der Waals surface area contributed by atoms with Gasteiger partial charge in [-0.1, -0.05) is 78.0 Å². The minimum Gasteiger partial charge on any atom is -0.497 e. The van der Waals surface area contributed by atoms with E-state index in [1.165, 1.54) is 59.7 Å². The Labute approximate surface area is 335 Å². The van der Waals surface area contributed by atoms with Gasteiger partial charge >= 0.3 is 0 Å². The Hall–Kier alpha value is -3.45. The van der Waals surface area contributed by atoms with Crippen LogP contribution < -0.4 is 14.2 Å². The number of benzene rings is 5. The van der Waals surface area contributed by atoms with Crippen LogP contribution in [0.4, 0.5) is 0 Å². The Bertz CT molecular complexity index is 2200. The third-order valence-corrected chi connectivity index (χ3v) is 14.5. The number of hydrogen-bond acceptors (Lipinski definition) is 6. The molecule has 5 aromatic rings. The van der Waals surface area contributed by atoms with E-state index < -0.39 is 5.60 Å². The van der Waals surface area contributed by atoms with Crippen molar-refractivity contribution < 1.29 is 14.2 Å². The molecule has 0 atom stereocenters. The van der Waals surface area contributed by atoms with E-state index in [0.29, 0.717) is 0 Å². The van der Waals surface area contributed by atoms with E-state index in [1.807, 2.05) is 59.6 Å². The minimum atomic E-state index is -0.878. The van der Waals surface area contributed by atoms with E-state index in [4.69, 9.17) is 14.2 Å². The van der Waals surface area contributed by atoms with Crippen LogP contribution in [-0.4, -0.2) is 32.0 Å². The predicted octanol–water partition coefficient (Wildman–Crippen LogP) is 13.7. The molecule has 0 unspecified atom stereocenters. The summed E-state index contributed by atoms with van der Waals surface area (Å²) in [5, 5.41) is 2.48. The number of rotatable bonds is 9. The lowest BCUT2D eigenvalue weighted by atomic mass is 9.52. The average Bonchev–Trinajstić information content (AvgIpc) is 3.41. The molecule has 1 saturated carbocycles. The summed E-state index contributed by atoms with van der Waals surface area (Å²) >= 11 is 5.73. The number of fused-ring (bicyclic) bond motifs is 10. The Morgan fingerprint density at radius 1 is 0.685 bits per heavy atom. The number of ether oxygens (including phenoxy) is 3. The molecule has 3 nitrogen and oxygen atoms in total. The zero-order chi connectivity index (χ0) is 38.0.